The summed E-state index contributed by atoms with van der Waals surface area (Å²) in [4.78, 5) is 158. The summed E-state index contributed by atoms with van der Waals surface area (Å²) >= 11 is 4.04. The molecule has 0 bridgehead atoms. The number of benzene rings is 1. The minimum atomic E-state index is -1.70. The van der Waals surface area contributed by atoms with E-state index in [0.717, 1.165) is 0 Å². The Morgan fingerprint density at radius 3 is 1.57 bits per heavy atom. The second-order valence-corrected chi connectivity index (χ2v) is 15.5. The number of hydrogen-bond acceptors (Lipinski definition) is 15. The number of nitrogens with zero attached hydrogens (tertiary/aromatic N) is 1. The first-order chi connectivity index (χ1) is 31.5. The highest BCUT2D eigenvalue weighted by molar-refractivity contribution is 7.80. The van der Waals surface area contributed by atoms with E-state index in [4.69, 9.17) is 22.3 Å². The van der Waals surface area contributed by atoms with Gasteiger partial charge in [0.05, 0.1) is 44.7 Å². The van der Waals surface area contributed by atoms with Gasteiger partial charge in [-0.1, -0.05) is 44.2 Å². The van der Waals surface area contributed by atoms with Crippen molar-refractivity contribution in [2.45, 2.75) is 88.2 Å². The molecule has 0 spiro atoms. The van der Waals surface area contributed by atoms with Crippen molar-refractivity contribution in [3.63, 3.8) is 0 Å². The summed E-state index contributed by atoms with van der Waals surface area (Å²) in [6.45, 7) is 1.48. The maximum Gasteiger partial charge on any atom is 0.326 e. The van der Waals surface area contributed by atoms with Crippen LogP contribution >= 0.6 is 12.6 Å². The molecule has 17 N–H and O–H groups in total. The van der Waals surface area contributed by atoms with Gasteiger partial charge in [0.2, 0.25) is 59.1 Å². The van der Waals surface area contributed by atoms with Gasteiger partial charge >= 0.3 is 11.9 Å². The predicted octanol–water partition coefficient (Wildman–Crippen LogP) is -6.44. The molecule has 28 heteroatoms. The summed E-state index contributed by atoms with van der Waals surface area (Å²) in [5.41, 5.74) is 17.0. The number of primary amides is 2. The minimum absolute atomic E-state index is 0.144. The number of carbonyl (C=O) groups excluding carboxylic acids is 10. The second-order valence-electron chi connectivity index (χ2n) is 15.1. The number of carboxylic acids is 2. The highest BCUT2D eigenvalue weighted by Gasteiger charge is 2.33. The molecular weight excluding hydrogens is 907 g/mol. The Labute approximate surface area is 387 Å². The third kappa shape index (κ3) is 20.4. The van der Waals surface area contributed by atoms with Crippen molar-refractivity contribution >= 4 is 83.6 Å². The maximum absolute atomic E-state index is 13.5. The molecule has 0 aliphatic carbocycles. The van der Waals surface area contributed by atoms with E-state index in [-0.39, 0.29) is 18.6 Å². The van der Waals surface area contributed by atoms with Crippen LogP contribution < -0.4 is 59.7 Å². The summed E-state index contributed by atoms with van der Waals surface area (Å²) < 4.78 is 0. The smallest absolute Gasteiger partial charge is 0.326 e. The van der Waals surface area contributed by atoms with Crippen LogP contribution in [0.4, 0.5) is 0 Å². The van der Waals surface area contributed by atoms with Crippen LogP contribution in [0.1, 0.15) is 44.4 Å². The van der Waals surface area contributed by atoms with E-state index in [0.29, 0.717) is 11.3 Å². The van der Waals surface area contributed by atoms with Crippen LogP contribution in [0.2, 0.25) is 0 Å². The van der Waals surface area contributed by atoms with E-state index in [2.05, 4.69) is 65.1 Å². The van der Waals surface area contributed by atoms with Crippen LogP contribution in [0.25, 0.3) is 0 Å². The molecule has 67 heavy (non-hydrogen) atoms. The average molecular weight is 962 g/mol. The lowest BCUT2D eigenvalue weighted by molar-refractivity contribution is -0.143. The number of H-pyrrole nitrogens is 1. The van der Waals surface area contributed by atoms with E-state index in [9.17, 15) is 62.6 Å². The molecule has 27 nitrogen and oxygen atoms in total. The Bertz CT molecular complexity index is 2110. The lowest BCUT2D eigenvalue weighted by atomic mass is 10.0. The van der Waals surface area contributed by atoms with Gasteiger partial charge in [-0.2, -0.15) is 12.6 Å². The number of carboxylic acid groups (broad SMARTS) is 2. The van der Waals surface area contributed by atoms with E-state index < -0.39 is 152 Å². The van der Waals surface area contributed by atoms with E-state index >= 15 is 0 Å². The van der Waals surface area contributed by atoms with E-state index in [1.54, 1.807) is 44.2 Å². The molecule has 10 amide bonds. The van der Waals surface area contributed by atoms with Crippen molar-refractivity contribution in [1.82, 2.24) is 52.5 Å². The fourth-order valence-electron chi connectivity index (χ4n) is 5.84. The second kappa shape index (κ2) is 27.6. The topological polar surface area (TPSA) is 448 Å². The van der Waals surface area contributed by atoms with Crippen LogP contribution in [0.15, 0.2) is 42.9 Å². The molecule has 0 unspecified atom stereocenters. The molecular formula is C39H55N13O14S. The number of nitrogens with two attached hydrogens (primary N) is 3. The van der Waals surface area contributed by atoms with Crippen molar-refractivity contribution < 1.29 is 67.7 Å². The van der Waals surface area contributed by atoms with Crippen LogP contribution in [-0.2, 0) is 70.4 Å². The van der Waals surface area contributed by atoms with E-state index in [1.807, 2.05) is 0 Å². The van der Waals surface area contributed by atoms with Gasteiger partial charge in [0.15, 0.2) is 0 Å². The normalized spacial score (nSPS) is 13.9. The Balaban J connectivity index is 2.18. The minimum Gasteiger partial charge on any atom is -0.481 e. The molecule has 2 aromatic rings. The predicted molar refractivity (Wildman–Crippen MR) is 234 cm³/mol. The lowest BCUT2D eigenvalue weighted by Gasteiger charge is -2.24. The van der Waals surface area contributed by atoms with Gasteiger partial charge in [-0.25, -0.2) is 9.78 Å². The third-order valence-electron chi connectivity index (χ3n) is 9.27. The van der Waals surface area contributed by atoms with Gasteiger partial charge in [0.1, 0.15) is 36.3 Å². The number of nitrogens with one attached hydrogen (secondary N) is 9. The van der Waals surface area contributed by atoms with Crippen molar-refractivity contribution in [3.8, 4) is 0 Å². The number of rotatable bonds is 29. The maximum atomic E-state index is 13.5. The molecule has 1 heterocycles. The molecule has 0 aliphatic rings. The Morgan fingerprint density at radius 1 is 0.627 bits per heavy atom. The zero-order valence-corrected chi connectivity index (χ0v) is 37.1. The highest BCUT2D eigenvalue weighted by Crippen LogP contribution is 2.07. The standard InChI is InChI=1S/C39H55N13O14S/c1-18(2)32(39(65)66)52-38(64)26(16-67)51-36(62)24(11-27(41)53)48-30(56)15-44-34(60)22(8-19-6-4-3-5-7-19)47-29(55)14-45-35(61)23(9-20-13-43-17-46-20)50-37(63)25(12-28(42)54)49-33(59)21(40)10-31(57)58/h3-7,13,17-18,21-26,32,67H,8-12,14-16,40H2,1-2H3,(H2,41,53)(H2,42,54)(H,43,46)(H,44,60)(H,45,61)(H,47,55)(H,48,56)(H,49,59)(H,50,63)(H,51,62)(H,52,64)(H,57,58)(H,65,66)/t21-,22-,23-,24-,25-,26-,32-/m0/s1. The summed E-state index contributed by atoms with van der Waals surface area (Å²) in [7, 11) is 0. The molecule has 0 fully saturated rings. The zero-order chi connectivity index (χ0) is 50.4. The van der Waals surface area contributed by atoms with Gasteiger partial charge in [-0.3, -0.25) is 52.7 Å². The molecule has 366 valence electrons. The summed E-state index contributed by atoms with van der Waals surface area (Å²) in [6, 6.07) is -2.34. The summed E-state index contributed by atoms with van der Waals surface area (Å²) in [5, 5.41) is 36.7. The highest BCUT2D eigenvalue weighted by atomic mass is 32.1. The van der Waals surface area contributed by atoms with Crippen molar-refractivity contribution in [1.29, 1.82) is 0 Å². The van der Waals surface area contributed by atoms with Crippen molar-refractivity contribution in [3.05, 3.63) is 54.1 Å². The van der Waals surface area contributed by atoms with Gasteiger partial charge in [0, 0.05) is 30.5 Å². The molecule has 2 rings (SSSR count). The Kier molecular flexibility index (Phi) is 22.9. The number of aromatic nitrogens is 2. The summed E-state index contributed by atoms with van der Waals surface area (Å²) in [6.07, 6.45) is -0.165. The zero-order valence-electron chi connectivity index (χ0n) is 36.2. The first kappa shape index (κ1) is 55.5. The van der Waals surface area contributed by atoms with Crippen LogP contribution in [0, 0.1) is 5.92 Å². The fraction of sp³-hybridized carbons (Fsp3) is 0.462. The first-order valence-corrected chi connectivity index (χ1v) is 20.9. The monoisotopic (exact) mass is 961 g/mol. The largest absolute Gasteiger partial charge is 0.481 e. The average Bonchev–Trinajstić information content (AvgIpc) is 3.77. The lowest BCUT2D eigenvalue weighted by Crippen LogP contribution is -2.58. The number of hydrogen-bond donors (Lipinski definition) is 15. The van der Waals surface area contributed by atoms with E-state index in [1.165, 1.54) is 12.5 Å². The Hall–Kier alpha value is -7.62. The Morgan fingerprint density at radius 2 is 1.10 bits per heavy atom. The molecule has 0 aliphatic heterocycles. The van der Waals surface area contributed by atoms with Gasteiger partial charge in [-0.05, 0) is 11.5 Å². The molecule has 0 saturated heterocycles. The molecule has 1 aromatic carbocycles. The van der Waals surface area contributed by atoms with Gasteiger partial charge in [-0.15, -0.1) is 0 Å². The van der Waals surface area contributed by atoms with Crippen LogP contribution in [-0.4, -0.2) is 152 Å². The van der Waals surface area contributed by atoms with Crippen LogP contribution in [0.3, 0.4) is 0 Å². The number of thiol groups is 1. The third-order valence-corrected chi connectivity index (χ3v) is 9.63. The molecule has 0 radical (unpaired) electrons. The van der Waals surface area contributed by atoms with Crippen molar-refractivity contribution in [2.24, 2.45) is 23.1 Å². The van der Waals surface area contributed by atoms with Crippen molar-refractivity contribution in [2.75, 3.05) is 18.8 Å². The number of amides is 10. The summed E-state index contributed by atoms with van der Waals surface area (Å²) in [5.74, 6) is -13.7. The number of imidazole rings is 1. The SMILES string of the molecule is CC(C)[C@H](NC(=O)[C@H](CS)NC(=O)[C@H](CC(N)=O)NC(=O)CNC(=O)[C@H](Cc1ccccc1)NC(=O)CNC(=O)[C@H](Cc1cnc[nH]1)NC(=O)[C@H](CC(N)=O)NC(=O)[C@@H](N)CC(=O)O)C(=O)O. The number of carbonyl (C=O) groups is 12. The number of aromatic amines is 1. The van der Waals surface area contributed by atoms with Gasteiger partial charge in [0.25, 0.3) is 0 Å². The molecule has 1 aromatic heterocycles. The fourth-order valence-corrected chi connectivity index (χ4v) is 6.10. The molecule has 0 saturated carbocycles. The molecule has 7 atom stereocenters. The number of aliphatic carboxylic acids is 2. The van der Waals surface area contributed by atoms with Crippen LogP contribution in [0.5, 0.6) is 0 Å². The van der Waals surface area contributed by atoms with Gasteiger partial charge < -0.3 is 74.9 Å². The quantitative estimate of drug-likeness (QED) is 0.0337. The first-order valence-electron chi connectivity index (χ1n) is 20.3.